The van der Waals surface area contributed by atoms with Gasteiger partial charge < -0.3 is 15.7 Å². The molecule has 0 saturated carbocycles. The molecule has 5 heteroatoms. The Bertz CT molecular complexity index is 391. The Morgan fingerprint density at radius 1 is 1.25 bits per heavy atom. The fourth-order valence-electron chi connectivity index (χ4n) is 1.08. The number of carbonyl (C=O) groups is 2. The van der Waals surface area contributed by atoms with Crippen molar-refractivity contribution in [2.45, 2.75) is 13.3 Å². The number of carbonyl (C=O) groups excluding carboxylic acids is 2. The summed E-state index contributed by atoms with van der Waals surface area (Å²) in [5.74, 6) is -0.562. The van der Waals surface area contributed by atoms with E-state index in [9.17, 15) is 14.7 Å². The Balaban J connectivity index is 2.46. The minimum absolute atomic E-state index is 0.00216. The van der Waals surface area contributed by atoms with E-state index in [1.165, 1.54) is 6.07 Å². The van der Waals surface area contributed by atoms with E-state index in [-0.39, 0.29) is 24.1 Å². The SMILES string of the molecule is CCC(=O)NCC(=O)Nc1ccccc1O. The largest absolute Gasteiger partial charge is 0.506 e. The van der Waals surface area contributed by atoms with Crippen LogP contribution in [0.25, 0.3) is 0 Å². The minimum atomic E-state index is -0.372. The summed E-state index contributed by atoms with van der Waals surface area (Å²) in [4.78, 5) is 22.2. The first-order valence-electron chi connectivity index (χ1n) is 4.98. The second-order valence-electron chi connectivity index (χ2n) is 3.20. The predicted octanol–water partition coefficient (Wildman–Crippen LogP) is 0.857. The third-order valence-electron chi connectivity index (χ3n) is 1.95. The number of hydrogen-bond acceptors (Lipinski definition) is 3. The van der Waals surface area contributed by atoms with Crippen molar-refractivity contribution in [3.05, 3.63) is 24.3 Å². The van der Waals surface area contributed by atoms with Crippen LogP contribution in [-0.2, 0) is 9.59 Å². The van der Waals surface area contributed by atoms with Gasteiger partial charge in [0.15, 0.2) is 0 Å². The number of benzene rings is 1. The maximum Gasteiger partial charge on any atom is 0.243 e. The smallest absolute Gasteiger partial charge is 0.243 e. The van der Waals surface area contributed by atoms with E-state index < -0.39 is 0 Å². The molecule has 0 heterocycles. The molecule has 0 bridgehead atoms. The van der Waals surface area contributed by atoms with Gasteiger partial charge in [-0.3, -0.25) is 9.59 Å². The lowest BCUT2D eigenvalue weighted by molar-refractivity contribution is -0.123. The van der Waals surface area contributed by atoms with Crippen LogP contribution in [0, 0.1) is 0 Å². The summed E-state index contributed by atoms with van der Waals surface area (Å²) in [6.07, 6.45) is 0.337. The van der Waals surface area contributed by atoms with E-state index >= 15 is 0 Å². The van der Waals surface area contributed by atoms with E-state index in [1.54, 1.807) is 25.1 Å². The molecule has 0 saturated heterocycles. The van der Waals surface area contributed by atoms with Crippen molar-refractivity contribution in [1.29, 1.82) is 0 Å². The highest BCUT2D eigenvalue weighted by atomic mass is 16.3. The van der Waals surface area contributed by atoms with Crippen LogP contribution in [0.15, 0.2) is 24.3 Å². The van der Waals surface area contributed by atoms with Crippen LogP contribution in [0.4, 0.5) is 5.69 Å². The zero-order chi connectivity index (χ0) is 12.0. The summed E-state index contributed by atoms with van der Waals surface area (Å²) in [5.41, 5.74) is 0.332. The highest BCUT2D eigenvalue weighted by molar-refractivity contribution is 5.95. The van der Waals surface area contributed by atoms with E-state index in [4.69, 9.17) is 0 Å². The zero-order valence-corrected chi connectivity index (χ0v) is 8.99. The average molecular weight is 222 g/mol. The minimum Gasteiger partial charge on any atom is -0.506 e. The number of phenols is 1. The van der Waals surface area contributed by atoms with Crippen LogP contribution in [0.1, 0.15) is 13.3 Å². The molecule has 86 valence electrons. The van der Waals surface area contributed by atoms with Crippen molar-refractivity contribution < 1.29 is 14.7 Å². The molecular weight excluding hydrogens is 208 g/mol. The number of rotatable bonds is 4. The summed E-state index contributed by atoms with van der Waals surface area (Å²) >= 11 is 0. The Morgan fingerprint density at radius 2 is 1.94 bits per heavy atom. The van der Waals surface area contributed by atoms with Crippen LogP contribution < -0.4 is 10.6 Å². The number of nitrogens with one attached hydrogen (secondary N) is 2. The fraction of sp³-hybridized carbons (Fsp3) is 0.273. The molecule has 2 amide bonds. The van der Waals surface area contributed by atoms with Crippen LogP contribution in [0.2, 0.25) is 0 Å². The summed E-state index contributed by atoms with van der Waals surface area (Å²) in [7, 11) is 0. The Morgan fingerprint density at radius 3 is 2.56 bits per heavy atom. The van der Waals surface area contributed by atoms with Gasteiger partial charge in [-0.15, -0.1) is 0 Å². The zero-order valence-electron chi connectivity index (χ0n) is 8.99. The fourth-order valence-corrected chi connectivity index (χ4v) is 1.08. The normalized spacial score (nSPS) is 9.56. The third-order valence-corrected chi connectivity index (χ3v) is 1.95. The first-order chi connectivity index (χ1) is 7.63. The Kier molecular flexibility index (Phi) is 4.32. The second kappa shape index (κ2) is 5.75. The molecule has 0 radical (unpaired) electrons. The van der Waals surface area contributed by atoms with Crippen molar-refractivity contribution in [2.75, 3.05) is 11.9 Å². The van der Waals surface area contributed by atoms with Crippen molar-refractivity contribution >= 4 is 17.5 Å². The van der Waals surface area contributed by atoms with Gasteiger partial charge in [-0.05, 0) is 12.1 Å². The van der Waals surface area contributed by atoms with Crippen LogP contribution >= 0.6 is 0 Å². The van der Waals surface area contributed by atoms with Gasteiger partial charge >= 0.3 is 0 Å². The topological polar surface area (TPSA) is 78.4 Å². The van der Waals surface area contributed by atoms with E-state index in [0.29, 0.717) is 12.1 Å². The lowest BCUT2D eigenvalue weighted by Crippen LogP contribution is -2.32. The molecule has 3 N–H and O–H groups in total. The summed E-state index contributed by atoms with van der Waals surface area (Å²) < 4.78 is 0. The average Bonchev–Trinajstić information content (AvgIpc) is 2.29. The number of hydrogen-bond donors (Lipinski definition) is 3. The Labute approximate surface area is 93.5 Å². The van der Waals surface area contributed by atoms with E-state index in [1.807, 2.05) is 0 Å². The van der Waals surface area contributed by atoms with Crippen LogP contribution in [-0.4, -0.2) is 23.5 Å². The van der Waals surface area contributed by atoms with Crippen LogP contribution in [0.3, 0.4) is 0 Å². The molecule has 1 rings (SSSR count). The van der Waals surface area contributed by atoms with Gasteiger partial charge in [0, 0.05) is 6.42 Å². The molecule has 5 nitrogen and oxygen atoms in total. The standard InChI is InChI=1S/C11H14N2O3/c1-2-10(15)12-7-11(16)13-8-5-3-4-6-9(8)14/h3-6,14H,2,7H2,1H3,(H,12,15)(H,13,16). The summed E-state index contributed by atoms with van der Waals surface area (Å²) in [5, 5.41) is 14.3. The van der Waals surface area contributed by atoms with Crippen LogP contribution in [0.5, 0.6) is 5.75 Å². The lowest BCUT2D eigenvalue weighted by Gasteiger charge is -2.07. The number of amides is 2. The van der Waals surface area contributed by atoms with Crippen molar-refractivity contribution in [2.24, 2.45) is 0 Å². The monoisotopic (exact) mass is 222 g/mol. The highest BCUT2D eigenvalue weighted by Crippen LogP contribution is 2.20. The van der Waals surface area contributed by atoms with Gasteiger partial charge in [-0.2, -0.15) is 0 Å². The molecule has 0 fully saturated rings. The predicted molar refractivity (Wildman–Crippen MR) is 60.0 cm³/mol. The van der Waals surface area contributed by atoms with Gasteiger partial charge in [-0.1, -0.05) is 19.1 Å². The number of aromatic hydroxyl groups is 1. The molecule has 0 atom stereocenters. The quantitative estimate of drug-likeness (QED) is 0.661. The summed E-state index contributed by atoms with van der Waals surface area (Å²) in [6.45, 7) is 1.61. The van der Waals surface area contributed by atoms with Gasteiger partial charge in [0.25, 0.3) is 0 Å². The molecule has 0 aromatic heterocycles. The van der Waals surface area contributed by atoms with Crippen molar-refractivity contribution in [1.82, 2.24) is 5.32 Å². The molecule has 16 heavy (non-hydrogen) atoms. The van der Waals surface area contributed by atoms with E-state index in [2.05, 4.69) is 10.6 Å². The molecule has 0 aliphatic carbocycles. The van der Waals surface area contributed by atoms with Crippen molar-refractivity contribution in [3.63, 3.8) is 0 Å². The Hall–Kier alpha value is -2.04. The van der Waals surface area contributed by atoms with Gasteiger partial charge in [0.05, 0.1) is 12.2 Å². The number of anilines is 1. The van der Waals surface area contributed by atoms with Gasteiger partial charge in [-0.25, -0.2) is 0 Å². The second-order valence-corrected chi connectivity index (χ2v) is 3.20. The summed E-state index contributed by atoms with van der Waals surface area (Å²) in [6, 6.07) is 6.40. The third kappa shape index (κ3) is 3.61. The highest BCUT2D eigenvalue weighted by Gasteiger charge is 2.06. The molecule has 0 unspecified atom stereocenters. The number of para-hydroxylation sites is 2. The van der Waals surface area contributed by atoms with Gasteiger partial charge in [0.2, 0.25) is 11.8 Å². The molecule has 0 aliphatic heterocycles. The van der Waals surface area contributed by atoms with Crippen molar-refractivity contribution in [3.8, 4) is 5.75 Å². The lowest BCUT2D eigenvalue weighted by atomic mass is 10.3. The maximum absolute atomic E-state index is 11.3. The molecule has 0 spiro atoms. The molecule has 1 aromatic rings. The van der Waals surface area contributed by atoms with Gasteiger partial charge in [0.1, 0.15) is 5.75 Å². The first-order valence-corrected chi connectivity index (χ1v) is 4.98. The molecule has 0 aliphatic rings. The maximum atomic E-state index is 11.3. The number of phenolic OH excluding ortho intramolecular Hbond substituents is 1. The van der Waals surface area contributed by atoms with E-state index in [0.717, 1.165) is 0 Å². The molecular formula is C11H14N2O3. The molecule has 1 aromatic carbocycles. The first kappa shape index (κ1) is 12.0.